The van der Waals surface area contributed by atoms with Crippen LogP contribution in [-0.4, -0.2) is 29.6 Å². The van der Waals surface area contributed by atoms with Gasteiger partial charge in [-0.1, -0.05) is 40.2 Å². The summed E-state index contributed by atoms with van der Waals surface area (Å²) < 4.78 is 1.11. The largest absolute Gasteiger partial charge is 0.478 e. The van der Waals surface area contributed by atoms with Crippen molar-refractivity contribution in [3.63, 3.8) is 0 Å². The lowest BCUT2D eigenvalue weighted by Crippen LogP contribution is -2.28. The van der Waals surface area contributed by atoms with Crippen LogP contribution in [0.5, 0.6) is 0 Å². The summed E-state index contributed by atoms with van der Waals surface area (Å²) in [4.78, 5) is 13.2. The van der Waals surface area contributed by atoms with Gasteiger partial charge < -0.3 is 10.0 Å². The van der Waals surface area contributed by atoms with Crippen molar-refractivity contribution < 1.29 is 9.90 Å². The van der Waals surface area contributed by atoms with Gasteiger partial charge in [-0.25, -0.2) is 4.79 Å². The highest BCUT2D eigenvalue weighted by Crippen LogP contribution is 2.48. The first kappa shape index (κ1) is 16.2. The van der Waals surface area contributed by atoms with Crippen LogP contribution in [0.25, 0.3) is 0 Å². The fourth-order valence-corrected chi connectivity index (χ4v) is 3.39. The Balaban J connectivity index is 1.64. The standard InChI is InChI=1S/C19H20BrNO2/c1-21(12-14-2-4-15(5-3-14)18(22)23)13-19(10-11-19)16-6-8-17(20)9-7-16/h2-9H,10-13H2,1H3,(H,22,23). The molecule has 0 heterocycles. The van der Waals surface area contributed by atoms with Crippen LogP contribution in [0.15, 0.2) is 53.0 Å². The zero-order chi connectivity index (χ0) is 16.4. The predicted octanol–water partition coefficient (Wildman–Crippen LogP) is 4.31. The topological polar surface area (TPSA) is 40.5 Å². The molecular weight excluding hydrogens is 354 g/mol. The Morgan fingerprint density at radius 3 is 2.26 bits per heavy atom. The molecule has 3 rings (SSSR count). The van der Waals surface area contributed by atoms with Crippen LogP contribution in [0.1, 0.15) is 34.3 Å². The van der Waals surface area contributed by atoms with Crippen molar-refractivity contribution in [2.24, 2.45) is 0 Å². The Bertz CT molecular complexity index is 690. The van der Waals surface area contributed by atoms with Crippen LogP contribution in [0.2, 0.25) is 0 Å². The van der Waals surface area contributed by atoms with Gasteiger partial charge in [0.2, 0.25) is 0 Å². The molecule has 1 saturated carbocycles. The minimum Gasteiger partial charge on any atom is -0.478 e. The maximum atomic E-state index is 10.9. The average molecular weight is 374 g/mol. The quantitative estimate of drug-likeness (QED) is 0.819. The van der Waals surface area contributed by atoms with E-state index in [0.29, 0.717) is 5.56 Å². The molecule has 23 heavy (non-hydrogen) atoms. The van der Waals surface area contributed by atoms with E-state index in [4.69, 9.17) is 5.11 Å². The number of halogens is 1. The second kappa shape index (κ2) is 6.46. The smallest absolute Gasteiger partial charge is 0.335 e. The Labute approximate surface area is 145 Å². The molecule has 1 N–H and O–H groups in total. The van der Waals surface area contributed by atoms with E-state index in [9.17, 15) is 4.79 Å². The van der Waals surface area contributed by atoms with E-state index < -0.39 is 5.97 Å². The van der Waals surface area contributed by atoms with Crippen molar-refractivity contribution in [2.45, 2.75) is 24.8 Å². The Morgan fingerprint density at radius 2 is 1.74 bits per heavy atom. The molecule has 120 valence electrons. The zero-order valence-electron chi connectivity index (χ0n) is 13.1. The lowest BCUT2D eigenvalue weighted by Gasteiger charge is -2.24. The highest BCUT2D eigenvalue weighted by atomic mass is 79.9. The molecule has 0 bridgehead atoms. The molecule has 1 fully saturated rings. The molecule has 0 spiro atoms. The molecule has 0 saturated heterocycles. The minimum absolute atomic E-state index is 0.288. The first-order valence-electron chi connectivity index (χ1n) is 7.75. The zero-order valence-corrected chi connectivity index (χ0v) is 14.7. The Kier molecular flexibility index (Phi) is 4.55. The van der Waals surface area contributed by atoms with Gasteiger partial charge in [0, 0.05) is 23.0 Å². The molecule has 0 atom stereocenters. The minimum atomic E-state index is -0.878. The van der Waals surface area contributed by atoms with Crippen LogP contribution in [0.4, 0.5) is 0 Å². The van der Waals surface area contributed by atoms with Crippen LogP contribution in [0.3, 0.4) is 0 Å². The molecule has 0 aromatic heterocycles. The van der Waals surface area contributed by atoms with Gasteiger partial charge >= 0.3 is 5.97 Å². The third-order valence-electron chi connectivity index (χ3n) is 4.54. The number of aromatic carboxylic acids is 1. The third-order valence-corrected chi connectivity index (χ3v) is 5.06. The van der Waals surface area contributed by atoms with Crippen molar-refractivity contribution in [3.8, 4) is 0 Å². The van der Waals surface area contributed by atoms with E-state index in [1.807, 2.05) is 12.1 Å². The number of likely N-dealkylation sites (N-methyl/N-ethyl adjacent to an activating group) is 1. The van der Waals surface area contributed by atoms with Gasteiger partial charge in [-0.05, 0) is 55.3 Å². The van der Waals surface area contributed by atoms with Crippen LogP contribution in [0, 0.1) is 0 Å². The van der Waals surface area contributed by atoms with Gasteiger partial charge in [-0.2, -0.15) is 0 Å². The normalized spacial score (nSPS) is 15.6. The maximum absolute atomic E-state index is 10.9. The van der Waals surface area contributed by atoms with Crippen molar-refractivity contribution >= 4 is 21.9 Å². The van der Waals surface area contributed by atoms with E-state index in [1.165, 1.54) is 18.4 Å². The number of carboxylic acids is 1. The van der Waals surface area contributed by atoms with Gasteiger partial charge in [0.15, 0.2) is 0 Å². The number of benzene rings is 2. The number of carbonyl (C=O) groups is 1. The van der Waals surface area contributed by atoms with Gasteiger partial charge in [0.25, 0.3) is 0 Å². The lowest BCUT2D eigenvalue weighted by atomic mass is 9.95. The molecule has 0 radical (unpaired) electrons. The first-order chi connectivity index (χ1) is 11.0. The molecule has 2 aromatic carbocycles. The maximum Gasteiger partial charge on any atom is 0.335 e. The summed E-state index contributed by atoms with van der Waals surface area (Å²) in [5.74, 6) is -0.878. The number of hydrogen-bond donors (Lipinski definition) is 1. The van der Waals surface area contributed by atoms with Crippen molar-refractivity contribution in [2.75, 3.05) is 13.6 Å². The summed E-state index contributed by atoms with van der Waals surface area (Å²) in [6, 6.07) is 15.8. The van der Waals surface area contributed by atoms with Crippen molar-refractivity contribution in [3.05, 3.63) is 69.7 Å². The monoisotopic (exact) mass is 373 g/mol. The van der Waals surface area contributed by atoms with Crippen molar-refractivity contribution in [1.82, 2.24) is 4.90 Å². The molecule has 1 aliphatic carbocycles. The van der Waals surface area contributed by atoms with Gasteiger partial charge in [-0.3, -0.25) is 0 Å². The second-order valence-electron chi connectivity index (χ2n) is 6.46. The Hall–Kier alpha value is -1.65. The molecule has 1 aliphatic rings. The predicted molar refractivity (Wildman–Crippen MR) is 94.8 cm³/mol. The fraction of sp³-hybridized carbons (Fsp3) is 0.316. The average Bonchev–Trinajstić information content (AvgIpc) is 3.29. The van der Waals surface area contributed by atoms with Gasteiger partial charge in [0.05, 0.1) is 5.56 Å². The summed E-state index contributed by atoms with van der Waals surface area (Å²) in [5.41, 5.74) is 3.18. The molecule has 4 heteroatoms. The van der Waals surface area contributed by atoms with E-state index in [1.54, 1.807) is 12.1 Å². The highest BCUT2D eigenvalue weighted by Gasteiger charge is 2.44. The van der Waals surface area contributed by atoms with E-state index in [-0.39, 0.29) is 5.41 Å². The van der Waals surface area contributed by atoms with E-state index >= 15 is 0 Å². The summed E-state index contributed by atoms with van der Waals surface area (Å²) in [6.45, 7) is 1.85. The number of nitrogens with zero attached hydrogens (tertiary/aromatic N) is 1. The van der Waals surface area contributed by atoms with Crippen LogP contribution >= 0.6 is 15.9 Å². The third kappa shape index (κ3) is 3.82. The van der Waals surface area contributed by atoms with Crippen LogP contribution in [-0.2, 0) is 12.0 Å². The van der Waals surface area contributed by atoms with E-state index in [2.05, 4.69) is 52.1 Å². The summed E-state index contributed by atoms with van der Waals surface area (Å²) in [6.07, 6.45) is 2.47. The molecule has 0 aliphatic heterocycles. The summed E-state index contributed by atoms with van der Waals surface area (Å²) >= 11 is 3.49. The molecule has 3 nitrogen and oxygen atoms in total. The highest BCUT2D eigenvalue weighted by molar-refractivity contribution is 9.10. The number of rotatable bonds is 6. The van der Waals surface area contributed by atoms with E-state index in [0.717, 1.165) is 23.1 Å². The Morgan fingerprint density at radius 1 is 1.13 bits per heavy atom. The molecule has 2 aromatic rings. The fourth-order valence-electron chi connectivity index (χ4n) is 3.13. The molecular formula is C19H20BrNO2. The summed E-state index contributed by atoms with van der Waals surface area (Å²) in [5, 5.41) is 8.95. The number of carboxylic acid groups (broad SMARTS) is 1. The van der Waals surface area contributed by atoms with Gasteiger partial charge in [-0.15, -0.1) is 0 Å². The lowest BCUT2D eigenvalue weighted by molar-refractivity contribution is 0.0697. The van der Waals surface area contributed by atoms with Crippen LogP contribution < -0.4 is 0 Å². The summed E-state index contributed by atoms with van der Waals surface area (Å²) in [7, 11) is 2.13. The SMILES string of the molecule is CN(Cc1ccc(C(=O)O)cc1)CC1(c2ccc(Br)cc2)CC1. The van der Waals surface area contributed by atoms with Crippen molar-refractivity contribution in [1.29, 1.82) is 0 Å². The molecule has 0 amide bonds. The molecule has 0 unspecified atom stereocenters. The number of hydrogen-bond acceptors (Lipinski definition) is 2. The second-order valence-corrected chi connectivity index (χ2v) is 7.38. The first-order valence-corrected chi connectivity index (χ1v) is 8.55. The van der Waals surface area contributed by atoms with Gasteiger partial charge in [0.1, 0.15) is 0 Å².